The Hall–Kier alpha value is -1.03. The molecule has 5 heteroatoms. The second-order valence-electron chi connectivity index (χ2n) is 5.56. The number of halogens is 2. The van der Waals surface area contributed by atoms with Crippen molar-refractivity contribution in [2.75, 3.05) is 20.1 Å². The molecule has 0 atom stereocenters. The maximum atomic E-state index is 11.9. The third-order valence-corrected chi connectivity index (χ3v) is 3.80. The molecule has 0 N–H and O–H groups in total. The number of rotatable bonds is 3. The third kappa shape index (κ3) is 4.22. The summed E-state index contributed by atoms with van der Waals surface area (Å²) in [5.74, 6) is 0.672. The van der Waals surface area contributed by atoms with E-state index in [4.69, 9.17) is 27.9 Å². The van der Waals surface area contributed by atoms with Gasteiger partial charge in [-0.3, -0.25) is 4.79 Å². The summed E-state index contributed by atoms with van der Waals surface area (Å²) in [7, 11) is 2.00. The summed E-state index contributed by atoms with van der Waals surface area (Å²) < 4.78 is 5.60. The smallest absolute Gasteiger partial charge is 0.161 e. The molecule has 0 saturated carbocycles. The van der Waals surface area contributed by atoms with Crippen molar-refractivity contribution in [3.8, 4) is 5.75 Å². The minimum Gasteiger partial charge on any atom is -0.488 e. The van der Waals surface area contributed by atoms with Crippen LogP contribution in [0.3, 0.4) is 0 Å². The molecule has 0 aliphatic carbocycles. The quantitative estimate of drug-likeness (QED) is 0.784. The zero-order valence-electron chi connectivity index (χ0n) is 12.5. The number of hydrogen-bond acceptors (Lipinski definition) is 3. The molecule has 0 aromatic heterocycles. The van der Waals surface area contributed by atoms with E-state index < -0.39 is 0 Å². The third-order valence-electron chi connectivity index (χ3n) is 3.23. The van der Waals surface area contributed by atoms with Gasteiger partial charge in [-0.15, -0.1) is 0 Å². The number of hydrogen-bond donors (Lipinski definition) is 0. The zero-order valence-corrected chi connectivity index (χ0v) is 14.0. The number of benzene rings is 1. The Bertz CT molecular complexity index is 559. The molecule has 0 radical (unpaired) electrons. The van der Waals surface area contributed by atoms with Crippen LogP contribution in [0.15, 0.2) is 17.7 Å². The first-order valence-electron chi connectivity index (χ1n) is 6.95. The van der Waals surface area contributed by atoms with Crippen LogP contribution in [0.1, 0.15) is 25.8 Å². The van der Waals surface area contributed by atoms with Crippen LogP contribution < -0.4 is 4.74 Å². The first-order chi connectivity index (χ1) is 9.86. The van der Waals surface area contributed by atoms with Crippen molar-refractivity contribution in [1.29, 1.82) is 0 Å². The van der Waals surface area contributed by atoms with Gasteiger partial charge in [0.05, 0.1) is 16.1 Å². The molecule has 1 aliphatic heterocycles. The molecular weight excluding hydrogens is 309 g/mol. The van der Waals surface area contributed by atoms with E-state index in [-0.39, 0.29) is 11.9 Å². The van der Waals surface area contributed by atoms with E-state index >= 15 is 0 Å². The molecule has 0 amide bonds. The number of carbonyl (C=O) groups is 1. The largest absolute Gasteiger partial charge is 0.488 e. The maximum Gasteiger partial charge on any atom is 0.161 e. The molecule has 2 rings (SSSR count). The average Bonchev–Trinajstić information content (AvgIpc) is 2.38. The minimum atomic E-state index is -0.00206. The Kier molecular flexibility index (Phi) is 5.31. The fourth-order valence-corrected chi connectivity index (χ4v) is 2.84. The van der Waals surface area contributed by atoms with Crippen molar-refractivity contribution in [2.24, 2.45) is 0 Å². The summed E-state index contributed by atoms with van der Waals surface area (Å²) in [6, 6.07) is 3.56. The summed E-state index contributed by atoms with van der Waals surface area (Å²) in [5.41, 5.74) is 1.60. The van der Waals surface area contributed by atoms with Crippen LogP contribution in [-0.2, 0) is 4.79 Å². The Morgan fingerprint density at radius 1 is 1.29 bits per heavy atom. The summed E-state index contributed by atoms with van der Waals surface area (Å²) >= 11 is 12.5. The molecular formula is C16H19Cl2NO2. The van der Waals surface area contributed by atoms with E-state index in [1.807, 2.05) is 27.0 Å². The molecule has 3 nitrogen and oxygen atoms in total. The molecule has 114 valence electrons. The second kappa shape index (κ2) is 6.82. The lowest BCUT2D eigenvalue weighted by Gasteiger charge is -2.23. The van der Waals surface area contributed by atoms with Crippen molar-refractivity contribution in [3.63, 3.8) is 0 Å². The van der Waals surface area contributed by atoms with Gasteiger partial charge < -0.3 is 9.64 Å². The topological polar surface area (TPSA) is 29.5 Å². The van der Waals surface area contributed by atoms with Crippen molar-refractivity contribution in [2.45, 2.75) is 26.4 Å². The number of carbonyl (C=O) groups excluding carboxylic acids is 1. The van der Waals surface area contributed by atoms with E-state index in [0.29, 0.717) is 28.8 Å². The van der Waals surface area contributed by atoms with Crippen molar-refractivity contribution < 1.29 is 9.53 Å². The maximum absolute atomic E-state index is 11.9. The molecule has 0 bridgehead atoms. The molecule has 1 aromatic carbocycles. The molecule has 21 heavy (non-hydrogen) atoms. The number of piperidine rings is 1. The molecule has 1 heterocycles. The van der Waals surface area contributed by atoms with Crippen LogP contribution in [0.4, 0.5) is 0 Å². The number of ketones is 1. The van der Waals surface area contributed by atoms with E-state index in [0.717, 1.165) is 17.7 Å². The van der Waals surface area contributed by atoms with Gasteiger partial charge in [0.2, 0.25) is 0 Å². The highest BCUT2D eigenvalue weighted by molar-refractivity contribution is 6.37. The Morgan fingerprint density at radius 2 is 1.90 bits per heavy atom. The summed E-state index contributed by atoms with van der Waals surface area (Å²) in [6.07, 6.45) is 2.41. The SMILES string of the molecule is CC(C)Oc1c(Cl)cc(/C=C2\CN(C)CCC2=O)cc1Cl. The zero-order chi connectivity index (χ0) is 15.6. The van der Waals surface area contributed by atoms with Gasteiger partial charge in [0.15, 0.2) is 11.5 Å². The normalized spacial score (nSPS) is 18.6. The van der Waals surface area contributed by atoms with Gasteiger partial charge in [-0.05, 0) is 44.7 Å². The van der Waals surface area contributed by atoms with Gasteiger partial charge in [-0.2, -0.15) is 0 Å². The lowest BCUT2D eigenvalue weighted by Crippen LogP contribution is -2.32. The van der Waals surface area contributed by atoms with Gasteiger partial charge in [0, 0.05) is 25.1 Å². The Balaban J connectivity index is 2.31. The van der Waals surface area contributed by atoms with Crippen LogP contribution in [0.2, 0.25) is 10.0 Å². The highest BCUT2D eigenvalue weighted by Crippen LogP contribution is 2.35. The number of ether oxygens (including phenoxy) is 1. The van der Waals surface area contributed by atoms with Crippen LogP contribution in [0.25, 0.3) is 6.08 Å². The molecule has 1 fully saturated rings. The van der Waals surface area contributed by atoms with Crippen molar-refractivity contribution in [1.82, 2.24) is 4.90 Å². The monoisotopic (exact) mass is 327 g/mol. The Morgan fingerprint density at radius 3 is 2.48 bits per heavy atom. The highest BCUT2D eigenvalue weighted by Gasteiger charge is 2.19. The standard InChI is InChI=1S/C16H19Cl2NO2/c1-10(2)21-16-13(17)7-11(8-14(16)18)6-12-9-19(3)5-4-15(12)20/h6-8,10H,4-5,9H2,1-3H3/b12-6+. The van der Waals surface area contributed by atoms with Crippen LogP contribution >= 0.6 is 23.2 Å². The van der Waals surface area contributed by atoms with E-state index in [9.17, 15) is 4.79 Å². The predicted octanol–water partition coefficient (Wildman–Crippen LogP) is 4.07. The van der Waals surface area contributed by atoms with E-state index in [1.165, 1.54) is 0 Å². The van der Waals surface area contributed by atoms with Gasteiger partial charge >= 0.3 is 0 Å². The number of Topliss-reactive ketones (excluding diaryl/α,β-unsaturated/α-hetero) is 1. The predicted molar refractivity (Wildman–Crippen MR) is 87.3 cm³/mol. The average molecular weight is 328 g/mol. The molecule has 1 aliphatic rings. The molecule has 1 aromatic rings. The van der Waals surface area contributed by atoms with E-state index in [2.05, 4.69) is 4.90 Å². The number of nitrogens with zero attached hydrogens (tertiary/aromatic N) is 1. The fraction of sp³-hybridized carbons (Fsp3) is 0.438. The molecule has 0 spiro atoms. The lowest BCUT2D eigenvalue weighted by atomic mass is 10.0. The second-order valence-corrected chi connectivity index (χ2v) is 6.38. The van der Waals surface area contributed by atoms with Crippen LogP contribution in [0, 0.1) is 0 Å². The summed E-state index contributed by atoms with van der Waals surface area (Å²) in [5, 5.41) is 0.916. The fourth-order valence-electron chi connectivity index (χ4n) is 2.25. The minimum absolute atomic E-state index is 0.00206. The first kappa shape index (κ1) is 16.3. The van der Waals surface area contributed by atoms with Gasteiger partial charge in [0.25, 0.3) is 0 Å². The first-order valence-corrected chi connectivity index (χ1v) is 7.70. The van der Waals surface area contributed by atoms with Gasteiger partial charge in [-0.25, -0.2) is 0 Å². The van der Waals surface area contributed by atoms with Gasteiger partial charge in [0.1, 0.15) is 0 Å². The summed E-state index contributed by atoms with van der Waals surface area (Å²) in [4.78, 5) is 14.1. The molecule has 0 unspecified atom stereocenters. The number of likely N-dealkylation sites (N-methyl/N-ethyl adjacent to an activating group) is 1. The number of likely N-dealkylation sites (tertiary alicyclic amines) is 1. The van der Waals surface area contributed by atoms with Crippen molar-refractivity contribution >= 4 is 35.1 Å². The molecule has 1 saturated heterocycles. The summed E-state index contributed by atoms with van der Waals surface area (Å²) in [6.45, 7) is 5.29. The van der Waals surface area contributed by atoms with E-state index in [1.54, 1.807) is 12.1 Å². The Labute approximate surface area is 135 Å². The van der Waals surface area contributed by atoms with Crippen LogP contribution in [0.5, 0.6) is 5.75 Å². The van der Waals surface area contributed by atoms with Crippen LogP contribution in [-0.4, -0.2) is 36.9 Å². The lowest BCUT2D eigenvalue weighted by molar-refractivity contribution is -0.117. The van der Waals surface area contributed by atoms with Crippen molar-refractivity contribution in [3.05, 3.63) is 33.3 Å². The highest BCUT2D eigenvalue weighted by atomic mass is 35.5. The van der Waals surface area contributed by atoms with Gasteiger partial charge in [-0.1, -0.05) is 23.2 Å².